The van der Waals surface area contributed by atoms with E-state index in [1.165, 1.54) is 0 Å². The van der Waals surface area contributed by atoms with Crippen LogP contribution in [0.3, 0.4) is 0 Å². The Kier molecular flexibility index (Phi) is 3.82. The fraction of sp³-hybridized carbons (Fsp3) is 0.100. The number of carboxylic acids is 1. The Labute approximate surface area is 102 Å². The lowest BCUT2D eigenvalue weighted by Gasteiger charge is -2.10. The Hall–Kier alpha value is -1.50. The molecule has 0 radical (unpaired) electrons. The molecule has 1 rings (SSSR count). The van der Waals surface area contributed by atoms with Crippen molar-refractivity contribution in [1.29, 1.82) is 0 Å². The van der Waals surface area contributed by atoms with Gasteiger partial charge in [0, 0.05) is 11.6 Å². The second kappa shape index (κ2) is 4.79. The van der Waals surface area contributed by atoms with Crippen molar-refractivity contribution in [3.05, 3.63) is 33.8 Å². The van der Waals surface area contributed by atoms with E-state index < -0.39 is 23.5 Å². The van der Waals surface area contributed by atoms with E-state index in [1.54, 1.807) is 0 Å². The van der Waals surface area contributed by atoms with E-state index in [4.69, 9.17) is 5.11 Å². The summed E-state index contributed by atoms with van der Waals surface area (Å²) in [6.07, 6.45) is -3.04. The number of benzene rings is 1. The van der Waals surface area contributed by atoms with Crippen molar-refractivity contribution in [2.75, 3.05) is 0 Å². The van der Waals surface area contributed by atoms with Crippen molar-refractivity contribution in [3.8, 4) is 5.75 Å². The maximum Gasteiger partial charge on any atom is 0.416 e. The van der Waals surface area contributed by atoms with Gasteiger partial charge in [0.25, 0.3) is 0 Å². The molecule has 3 nitrogen and oxygen atoms in total. The van der Waals surface area contributed by atoms with Gasteiger partial charge in [-0.05, 0) is 34.1 Å². The van der Waals surface area contributed by atoms with Crippen LogP contribution in [0, 0.1) is 0 Å². The highest BCUT2D eigenvalue weighted by atomic mass is 79.9. The van der Waals surface area contributed by atoms with Crippen LogP contribution in [0.5, 0.6) is 5.75 Å². The lowest BCUT2D eigenvalue weighted by Crippen LogP contribution is -2.05. The van der Waals surface area contributed by atoms with Crippen molar-refractivity contribution in [3.63, 3.8) is 0 Å². The number of halogens is 4. The second-order valence-electron chi connectivity index (χ2n) is 3.07. The Morgan fingerprint density at radius 2 is 1.94 bits per heavy atom. The SMILES string of the molecule is O=C(O)/C=C/c1cc(C(F)(F)F)cc(Br)c1O. The molecule has 0 aromatic heterocycles. The maximum absolute atomic E-state index is 12.4. The van der Waals surface area contributed by atoms with E-state index in [-0.39, 0.29) is 10.0 Å². The molecule has 1 aromatic carbocycles. The molecule has 1 aromatic rings. The van der Waals surface area contributed by atoms with Gasteiger partial charge in [-0.25, -0.2) is 4.79 Å². The first kappa shape index (κ1) is 13.6. The maximum atomic E-state index is 12.4. The van der Waals surface area contributed by atoms with Gasteiger partial charge in [-0.3, -0.25) is 0 Å². The molecule has 0 aliphatic heterocycles. The van der Waals surface area contributed by atoms with E-state index in [1.807, 2.05) is 0 Å². The molecule has 0 spiro atoms. The predicted molar refractivity (Wildman–Crippen MR) is 57.5 cm³/mol. The smallest absolute Gasteiger partial charge is 0.416 e. The van der Waals surface area contributed by atoms with Gasteiger partial charge in [0.15, 0.2) is 0 Å². The Bertz CT molecular complexity index is 480. The zero-order valence-corrected chi connectivity index (χ0v) is 9.71. The third-order valence-corrected chi connectivity index (χ3v) is 2.43. The number of hydrogen-bond acceptors (Lipinski definition) is 2. The summed E-state index contributed by atoms with van der Waals surface area (Å²) in [6.45, 7) is 0. The van der Waals surface area contributed by atoms with Gasteiger partial charge in [0.1, 0.15) is 5.75 Å². The monoisotopic (exact) mass is 310 g/mol. The van der Waals surface area contributed by atoms with Gasteiger partial charge in [-0.15, -0.1) is 0 Å². The number of phenolic OH excluding ortho intramolecular Hbond substituents is 1. The quantitative estimate of drug-likeness (QED) is 0.824. The van der Waals surface area contributed by atoms with Gasteiger partial charge < -0.3 is 10.2 Å². The molecule has 0 heterocycles. The third kappa shape index (κ3) is 3.48. The van der Waals surface area contributed by atoms with Crippen LogP contribution in [0.15, 0.2) is 22.7 Å². The first-order valence-corrected chi connectivity index (χ1v) is 5.02. The van der Waals surface area contributed by atoms with Gasteiger partial charge in [0.2, 0.25) is 0 Å². The highest BCUT2D eigenvalue weighted by molar-refractivity contribution is 9.10. The molecular formula is C10H6BrF3O3. The highest BCUT2D eigenvalue weighted by Crippen LogP contribution is 2.37. The summed E-state index contributed by atoms with van der Waals surface area (Å²) in [5.74, 6) is -1.77. The summed E-state index contributed by atoms with van der Waals surface area (Å²) in [4.78, 5) is 10.2. The molecule has 17 heavy (non-hydrogen) atoms. The molecule has 0 aliphatic rings. The zero-order chi connectivity index (χ0) is 13.2. The molecule has 0 unspecified atom stereocenters. The number of hydrogen-bond donors (Lipinski definition) is 2. The molecule has 0 amide bonds. The van der Waals surface area contributed by atoms with E-state index in [2.05, 4.69) is 15.9 Å². The van der Waals surface area contributed by atoms with Gasteiger partial charge in [0.05, 0.1) is 10.0 Å². The summed E-state index contributed by atoms with van der Waals surface area (Å²) >= 11 is 2.77. The van der Waals surface area contributed by atoms with Crippen LogP contribution >= 0.6 is 15.9 Å². The molecule has 0 bridgehead atoms. The van der Waals surface area contributed by atoms with Crippen molar-refractivity contribution in [1.82, 2.24) is 0 Å². The van der Waals surface area contributed by atoms with Crippen molar-refractivity contribution < 1.29 is 28.2 Å². The fourth-order valence-electron chi connectivity index (χ4n) is 1.07. The third-order valence-electron chi connectivity index (χ3n) is 1.83. The first-order valence-electron chi connectivity index (χ1n) is 4.22. The largest absolute Gasteiger partial charge is 0.506 e. The van der Waals surface area contributed by atoms with Crippen molar-refractivity contribution in [2.24, 2.45) is 0 Å². The number of aliphatic carboxylic acids is 1. The van der Waals surface area contributed by atoms with Crippen molar-refractivity contribution in [2.45, 2.75) is 6.18 Å². The van der Waals surface area contributed by atoms with Gasteiger partial charge in [-0.2, -0.15) is 13.2 Å². The number of rotatable bonds is 2. The summed E-state index contributed by atoms with van der Waals surface area (Å²) in [7, 11) is 0. The summed E-state index contributed by atoms with van der Waals surface area (Å²) in [5, 5.41) is 17.8. The summed E-state index contributed by atoms with van der Waals surface area (Å²) in [6, 6.07) is 1.38. The lowest BCUT2D eigenvalue weighted by atomic mass is 10.1. The number of carbonyl (C=O) groups is 1. The van der Waals surface area contributed by atoms with Crippen LogP contribution < -0.4 is 0 Å². The average Bonchev–Trinajstić information content (AvgIpc) is 2.18. The molecule has 0 saturated carbocycles. The van der Waals surface area contributed by atoms with E-state index in [0.717, 1.165) is 6.08 Å². The number of aromatic hydroxyl groups is 1. The van der Waals surface area contributed by atoms with Crippen LogP contribution in [0.25, 0.3) is 6.08 Å². The van der Waals surface area contributed by atoms with Gasteiger partial charge in [-0.1, -0.05) is 0 Å². The normalized spacial score (nSPS) is 12.0. The molecule has 0 aliphatic carbocycles. The van der Waals surface area contributed by atoms with E-state index in [0.29, 0.717) is 18.2 Å². The second-order valence-corrected chi connectivity index (χ2v) is 3.92. The standard InChI is InChI=1S/C10H6BrF3O3/c11-7-4-6(10(12,13)14)3-5(9(7)17)1-2-8(15)16/h1-4,17H,(H,15,16)/b2-1+. The molecule has 92 valence electrons. The van der Waals surface area contributed by atoms with Gasteiger partial charge >= 0.3 is 12.1 Å². The molecular weight excluding hydrogens is 305 g/mol. The van der Waals surface area contributed by atoms with Crippen LogP contribution in [0.1, 0.15) is 11.1 Å². The molecule has 2 N–H and O–H groups in total. The molecule has 0 atom stereocenters. The highest BCUT2D eigenvalue weighted by Gasteiger charge is 2.31. The molecule has 0 fully saturated rings. The molecule has 0 saturated heterocycles. The molecule has 7 heteroatoms. The number of alkyl halides is 3. The Morgan fingerprint density at radius 3 is 2.41 bits per heavy atom. The summed E-state index contributed by atoms with van der Waals surface area (Å²) in [5.41, 5.74) is -1.21. The minimum Gasteiger partial charge on any atom is -0.506 e. The van der Waals surface area contributed by atoms with Crippen LogP contribution in [0.2, 0.25) is 0 Å². The van der Waals surface area contributed by atoms with Crippen LogP contribution in [-0.2, 0) is 11.0 Å². The van der Waals surface area contributed by atoms with Crippen molar-refractivity contribution >= 4 is 28.0 Å². The first-order chi connectivity index (χ1) is 7.71. The van der Waals surface area contributed by atoms with E-state index in [9.17, 15) is 23.1 Å². The average molecular weight is 311 g/mol. The summed E-state index contributed by atoms with van der Waals surface area (Å²) < 4.78 is 37.2. The minimum atomic E-state index is -4.57. The minimum absolute atomic E-state index is 0.155. The number of phenols is 1. The lowest BCUT2D eigenvalue weighted by molar-refractivity contribution is -0.137. The number of carboxylic acid groups (broad SMARTS) is 1. The Balaban J connectivity index is 3.30. The Morgan fingerprint density at radius 1 is 1.35 bits per heavy atom. The topological polar surface area (TPSA) is 57.5 Å². The van der Waals surface area contributed by atoms with Crippen LogP contribution in [0.4, 0.5) is 13.2 Å². The van der Waals surface area contributed by atoms with E-state index >= 15 is 0 Å². The van der Waals surface area contributed by atoms with Crippen LogP contribution in [-0.4, -0.2) is 16.2 Å². The fourth-order valence-corrected chi connectivity index (χ4v) is 1.55. The zero-order valence-electron chi connectivity index (χ0n) is 8.12. The predicted octanol–water partition coefficient (Wildman–Crippen LogP) is 3.27.